The van der Waals surface area contributed by atoms with Gasteiger partial charge in [0.1, 0.15) is 0 Å². The van der Waals surface area contributed by atoms with Gasteiger partial charge in [0.05, 0.1) is 13.2 Å². The molecule has 13 heavy (non-hydrogen) atoms. The predicted molar refractivity (Wildman–Crippen MR) is 51.5 cm³/mol. The quantitative estimate of drug-likeness (QED) is 0.648. The van der Waals surface area contributed by atoms with Crippen LogP contribution in [0.15, 0.2) is 0 Å². The Kier molecular flexibility index (Phi) is 4.22. The van der Waals surface area contributed by atoms with Crippen LogP contribution in [0.3, 0.4) is 0 Å². The van der Waals surface area contributed by atoms with Gasteiger partial charge in [-0.15, -0.1) is 0 Å². The highest BCUT2D eigenvalue weighted by molar-refractivity contribution is 5.76. The lowest BCUT2D eigenvalue weighted by Crippen LogP contribution is -2.35. The highest BCUT2D eigenvalue weighted by Gasteiger charge is 2.18. The maximum absolute atomic E-state index is 11.6. The average molecular weight is 185 g/mol. The zero-order valence-corrected chi connectivity index (χ0v) is 8.58. The second kappa shape index (κ2) is 5.22. The zero-order chi connectivity index (χ0) is 9.68. The summed E-state index contributed by atoms with van der Waals surface area (Å²) in [5, 5.41) is 0. The molecule has 1 aliphatic heterocycles. The first-order chi connectivity index (χ1) is 6.24. The molecular formula is C10H19NO2. The Morgan fingerprint density at radius 3 is 3.08 bits per heavy atom. The van der Waals surface area contributed by atoms with Gasteiger partial charge in [-0.25, -0.2) is 0 Å². The van der Waals surface area contributed by atoms with Crippen molar-refractivity contribution in [2.45, 2.75) is 26.7 Å². The predicted octanol–water partition coefficient (Wildman–Crippen LogP) is 1.28. The van der Waals surface area contributed by atoms with Crippen molar-refractivity contribution in [1.82, 2.24) is 4.90 Å². The first kappa shape index (κ1) is 10.5. The number of nitrogens with zero attached hydrogens (tertiary/aromatic N) is 1. The molecule has 0 radical (unpaired) electrons. The second-order valence-corrected chi connectivity index (χ2v) is 3.77. The van der Waals surface area contributed by atoms with Gasteiger partial charge in [-0.3, -0.25) is 4.79 Å². The minimum atomic E-state index is 0.278. The maximum Gasteiger partial charge on any atom is 0.222 e. The normalized spacial score (nSPS) is 24.2. The van der Waals surface area contributed by atoms with Crippen LogP contribution in [0.2, 0.25) is 0 Å². The van der Waals surface area contributed by atoms with Gasteiger partial charge in [0.25, 0.3) is 0 Å². The maximum atomic E-state index is 11.6. The van der Waals surface area contributed by atoms with Crippen molar-refractivity contribution >= 4 is 5.91 Å². The number of hydrogen-bond donors (Lipinski definition) is 0. The van der Waals surface area contributed by atoms with Crippen molar-refractivity contribution in [3.8, 4) is 0 Å². The smallest absolute Gasteiger partial charge is 0.222 e. The molecule has 1 saturated heterocycles. The molecule has 0 aromatic heterocycles. The van der Waals surface area contributed by atoms with Gasteiger partial charge in [-0.2, -0.15) is 0 Å². The summed E-state index contributed by atoms with van der Waals surface area (Å²) in [5.41, 5.74) is 0. The van der Waals surface area contributed by atoms with Gasteiger partial charge in [-0.05, 0) is 12.3 Å². The number of ether oxygens (including phenoxy) is 1. The van der Waals surface area contributed by atoms with Gasteiger partial charge in [0.15, 0.2) is 0 Å². The summed E-state index contributed by atoms with van der Waals surface area (Å²) in [6.45, 7) is 7.27. The van der Waals surface area contributed by atoms with Gasteiger partial charge < -0.3 is 9.64 Å². The summed E-state index contributed by atoms with van der Waals surface area (Å²) < 4.78 is 5.37. The van der Waals surface area contributed by atoms with Crippen LogP contribution >= 0.6 is 0 Å². The summed E-state index contributed by atoms with van der Waals surface area (Å²) in [5.74, 6) is 0.753. The van der Waals surface area contributed by atoms with Crippen molar-refractivity contribution in [3.05, 3.63) is 0 Å². The molecule has 0 bridgehead atoms. The van der Waals surface area contributed by atoms with E-state index in [4.69, 9.17) is 4.74 Å². The minimum absolute atomic E-state index is 0.278. The van der Waals surface area contributed by atoms with E-state index < -0.39 is 0 Å². The lowest BCUT2D eigenvalue weighted by atomic mass is 10.2. The van der Waals surface area contributed by atoms with Crippen molar-refractivity contribution < 1.29 is 9.53 Å². The van der Waals surface area contributed by atoms with Gasteiger partial charge in [0, 0.05) is 19.5 Å². The Balaban J connectivity index is 2.42. The standard InChI is InChI=1S/C10H19NO2/c1-3-4-10(12)11-5-6-13-8-9(2)7-11/h9H,3-8H2,1-2H3. The van der Waals surface area contributed by atoms with E-state index in [-0.39, 0.29) is 5.91 Å². The van der Waals surface area contributed by atoms with Crippen LogP contribution in [0.1, 0.15) is 26.7 Å². The van der Waals surface area contributed by atoms with E-state index in [0.29, 0.717) is 18.9 Å². The molecule has 3 heteroatoms. The molecule has 0 aliphatic carbocycles. The number of hydrogen-bond acceptors (Lipinski definition) is 2. The van der Waals surface area contributed by atoms with E-state index in [1.165, 1.54) is 0 Å². The molecule has 3 nitrogen and oxygen atoms in total. The largest absolute Gasteiger partial charge is 0.379 e. The molecule has 0 aromatic rings. The molecule has 1 aliphatic rings. The van der Waals surface area contributed by atoms with Crippen LogP contribution in [0.4, 0.5) is 0 Å². The van der Waals surface area contributed by atoms with Crippen LogP contribution < -0.4 is 0 Å². The summed E-state index contributed by atoms with van der Waals surface area (Å²) >= 11 is 0. The van der Waals surface area contributed by atoms with Crippen molar-refractivity contribution in [2.24, 2.45) is 5.92 Å². The summed E-state index contributed by atoms with van der Waals surface area (Å²) in [6, 6.07) is 0. The third-order valence-electron chi connectivity index (χ3n) is 2.26. The first-order valence-corrected chi connectivity index (χ1v) is 5.09. The van der Waals surface area contributed by atoms with E-state index in [2.05, 4.69) is 6.92 Å². The molecular weight excluding hydrogens is 166 g/mol. The molecule has 1 rings (SSSR count). The van der Waals surface area contributed by atoms with E-state index in [0.717, 1.165) is 26.1 Å². The molecule has 76 valence electrons. The highest BCUT2D eigenvalue weighted by atomic mass is 16.5. The Bertz CT molecular complexity index is 170. The van der Waals surface area contributed by atoms with E-state index in [1.807, 2.05) is 11.8 Å². The molecule has 1 amide bonds. The minimum Gasteiger partial charge on any atom is -0.379 e. The SMILES string of the molecule is CCCC(=O)N1CCOCC(C)C1. The van der Waals surface area contributed by atoms with Gasteiger partial charge in [-0.1, -0.05) is 13.8 Å². The van der Waals surface area contributed by atoms with E-state index >= 15 is 0 Å². The molecule has 0 spiro atoms. The lowest BCUT2D eigenvalue weighted by molar-refractivity contribution is -0.131. The Hall–Kier alpha value is -0.570. The molecule has 0 aromatic carbocycles. The van der Waals surface area contributed by atoms with Gasteiger partial charge in [0.2, 0.25) is 5.91 Å². The summed E-state index contributed by atoms with van der Waals surface area (Å²) in [6.07, 6.45) is 1.61. The zero-order valence-electron chi connectivity index (χ0n) is 8.58. The number of carbonyl (C=O) groups is 1. The molecule has 1 atom stereocenters. The van der Waals surface area contributed by atoms with Crippen molar-refractivity contribution in [2.75, 3.05) is 26.3 Å². The van der Waals surface area contributed by atoms with E-state index in [1.54, 1.807) is 0 Å². The molecule has 0 N–H and O–H groups in total. The lowest BCUT2D eigenvalue weighted by Gasteiger charge is -2.21. The van der Waals surface area contributed by atoms with E-state index in [9.17, 15) is 4.79 Å². The highest BCUT2D eigenvalue weighted by Crippen LogP contribution is 2.07. The number of amides is 1. The van der Waals surface area contributed by atoms with Crippen molar-refractivity contribution in [3.63, 3.8) is 0 Å². The molecule has 1 unspecified atom stereocenters. The molecule has 1 fully saturated rings. The fourth-order valence-electron chi connectivity index (χ4n) is 1.58. The Labute approximate surface area is 80.1 Å². The number of carbonyl (C=O) groups excluding carboxylic acids is 1. The number of rotatable bonds is 2. The third-order valence-corrected chi connectivity index (χ3v) is 2.26. The van der Waals surface area contributed by atoms with Crippen LogP contribution in [0.5, 0.6) is 0 Å². The van der Waals surface area contributed by atoms with Crippen LogP contribution in [0.25, 0.3) is 0 Å². The first-order valence-electron chi connectivity index (χ1n) is 5.09. The fourth-order valence-corrected chi connectivity index (χ4v) is 1.58. The Morgan fingerprint density at radius 2 is 2.38 bits per heavy atom. The molecule has 1 heterocycles. The topological polar surface area (TPSA) is 29.5 Å². The van der Waals surface area contributed by atoms with Crippen LogP contribution in [-0.4, -0.2) is 37.1 Å². The average Bonchev–Trinajstić information content (AvgIpc) is 2.30. The summed E-state index contributed by atoms with van der Waals surface area (Å²) in [4.78, 5) is 13.5. The fraction of sp³-hybridized carbons (Fsp3) is 0.900. The summed E-state index contributed by atoms with van der Waals surface area (Å²) in [7, 11) is 0. The van der Waals surface area contributed by atoms with Crippen molar-refractivity contribution in [1.29, 1.82) is 0 Å². The third kappa shape index (κ3) is 3.35. The van der Waals surface area contributed by atoms with Gasteiger partial charge >= 0.3 is 0 Å². The van der Waals surface area contributed by atoms with Crippen LogP contribution in [0, 0.1) is 5.92 Å². The molecule has 0 saturated carbocycles. The Morgan fingerprint density at radius 1 is 1.62 bits per heavy atom. The second-order valence-electron chi connectivity index (χ2n) is 3.77. The monoisotopic (exact) mass is 185 g/mol. The van der Waals surface area contributed by atoms with Crippen LogP contribution in [-0.2, 0) is 9.53 Å².